The maximum atomic E-state index is 12.8. The number of rotatable bonds is 5. The number of likely N-dealkylation sites (N-methyl/N-ethyl adjacent to an activating group) is 1. The molecular formula is C18H24N2O4. The van der Waals surface area contributed by atoms with Crippen LogP contribution in [0.2, 0.25) is 0 Å². The molecule has 24 heavy (non-hydrogen) atoms. The zero-order valence-electron chi connectivity index (χ0n) is 14.4. The molecule has 0 radical (unpaired) electrons. The molecule has 0 aliphatic carbocycles. The molecule has 1 saturated heterocycles. The van der Waals surface area contributed by atoms with E-state index in [1.54, 1.807) is 28.0 Å². The van der Waals surface area contributed by atoms with Gasteiger partial charge in [-0.25, -0.2) is 4.79 Å². The Labute approximate surface area is 142 Å². The van der Waals surface area contributed by atoms with E-state index in [0.29, 0.717) is 37.2 Å². The molecule has 130 valence electrons. The average Bonchev–Trinajstić information content (AvgIpc) is 3.11. The van der Waals surface area contributed by atoms with Gasteiger partial charge in [0, 0.05) is 25.2 Å². The first-order valence-corrected chi connectivity index (χ1v) is 8.31. The monoisotopic (exact) mass is 332 g/mol. The first-order valence-electron chi connectivity index (χ1n) is 8.31. The number of nitrogens with zero attached hydrogens (tertiary/aromatic N) is 2. The quantitative estimate of drug-likeness (QED) is 0.773. The van der Waals surface area contributed by atoms with E-state index in [1.165, 1.54) is 13.2 Å². The third-order valence-corrected chi connectivity index (χ3v) is 4.40. The first-order chi connectivity index (χ1) is 11.5. The third kappa shape index (κ3) is 3.58. The van der Waals surface area contributed by atoms with Crippen LogP contribution in [0.15, 0.2) is 24.3 Å². The lowest BCUT2D eigenvalue weighted by atomic mass is 10.1. The van der Waals surface area contributed by atoms with Crippen LogP contribution in [0.4, 0.5) is 0 Å². The molecule has 0 bridgehead atoms. The van der Waals surface area contributed by atoms with Crippen molar-refractivity contribution < 1.29 is 19.1 Å². The van der Waals surface area contributed by atoms with Crippen LogP contribution in [0.1, 0.15) is 47.4 Å². The van der Waals surface area contributed by atoms with Gasteiger partial charge in [0.15, 0.2) is 0 Å². The van der Waals surface area contributed by atoms with Crippen molar-refractivity contribution in [2.75, 3.05) is 26.7 Å². The van der Waals surface area contributed by atoms with Gasteiger partial charge in [-0.1, -0.05) is 6.07 Å². The van der Waals surface area contributed by atoms with Crippen LogP contribution in [-0.2, 0) is 9.53 Å². The van der Waals surface area contributed by atoms with Crippen molar-refractivity contribution in [1.82, 2.24) is 9.80 Å². The molecule has 1 aromatic rings. The summed E-state index contributed by atoms with van der Waals surface area (Å²) in [6.45, 7) is 5.68. The lowest BCUT2D eigenvalue weighted by molar-refractivity contribution is -0.134. The Hall–Kier alpha value is -2.37. The van der Waals surface area contributed by atoms with Gasteiger partial charge >= 0.3 is 5.97 Å². The summed E-state index contributed by atoms with van der Waals surface area (Å²) in [5.41, 5.74) is 0.728. The zero-order valence-corrected chi connectivity index (χ0v) is 14.4. The van der Waals surface area contributed by atoms with Gasteiger partial charge in [0.05, 0.1) is 12.7 Å². The minimum Gasteiger partial charge on any atom is -0.465 e. The van der Waals surface area contributed by atoms with E-state index in [0.717, 1.165) is 6.42 Å². The average molecular weight is 332 g/mol. The number of benzene rings is 1. The van der Waals surface area contributed by atoms with E-state index >= 15 is 0 Å². The predicted molar refractivity (Wildman–Crippen MR) is 89.8 cm³/mol. The molecule has 0 spiro atoms. The number of methoxy groups -OCH3 is 1. The zero-order chi connectivity index (χ0) is 17.7. The molecule has 6 heteroatoms. The molecule has 1 aliphatic rings. The van der Waals surface area contributed by atoms with Crippen molar-refractivity contribution >= 4 is 17.8 Å². The van der Waals surface area contributed by atoms with Gasteiger partial charge in [-0.05, 0) is 44.9 Å². The minimum atomic E-state index is -0.484. The highest BCUT2D eigenvalue weighted by molar-refractivity contribution is 6.00. The molecule has 0 aromatic heterocycles. The molecule has 1 atom stereocenters. The van der Waals surface area contributed by atoms with Crippen molar-refractivity contribution in [3.63, 3.8) is 0 Å². The minimum absolute atomic E-state index is 0.00466. The Morgan fingerprint density at radius 2 is 1.88 bits per heavy atom. The van der Waals surface area contributed by atoms with Crippen LogP contribution in [-0.4, -0.2) is 60.4 Å². The smallest absolute Gasteiger partial charge is 0.337 e. The van der Waals surface area contributed by atoms with Gasteiger partial charge in [-0.3, -0.25) is 9.59 Å². The number of amides is 2. The van der Waals surface area contributed by atoms with E-state index < -0.39 is 12.0 Å². The third-order valence-electron chi connectivity index (χ3n) is 4.40. The van der Waals surface area contributed by atoms with Crippen LogP contribution in [0.5, 0.6) is 0 Å². The van der Waals surface area contributed by atoms with Crippen LogP contribution >= 0.6 is 0 Å². The summed E-state index contributed by atoms with van der Waals surface area (Å²) in [5, 5.41) is 0. The second-order valence-electron chi connectivity index (χ2n) is 5.74. The van der Waals surface area contributed by atoms with E-state index in [2.05, 4.69) is 0 Å². The molecular weight excluding hydrogens is 308 g/mol. The number of ether oxygens (including phenoxy) is 1. The largest absolute Gasteiger partial charge is 0.465 e. The Kier molecular flexibility index (Phi) is 5.95. The summed E-state index contributed by atoms with van der Waals surface area (Å²) >= 11 is 0. The second-order valence-corrected chi connectivity index (χ2v) is 5.74. The van der Waals surface area contributed by atoms with Crippen molar-refractivity contribution in [2.45, 2.75) is 32.7 Å². The maximum Gasteiger partial charge on any atom is 0.337 e. The SMILES string of the molecule is CCN(CC)C(=O)C1CCCN1C(=O)c1cccc(C(=O)OC)c1. The number of likely N-dealkylation sites (tertiary alicyclic amines) is 1. The van der Waals surface area contributed by atoms with Crippen LogP contribution < -0.4 is 0 Å². The van der Waals surface area contributed by atoms with Gasteiger partial charge in [-0.2, -0.15) is 0 Å². The molecule has 2 rings (SSSR count). The van der Waals surface area contributed by atoms with Crippen LogP contribution in [0.3, 0.4) is 0 Å². The predicted octanol–water partition coefficient (Wildman–Crippen LogP) is 1.95. The number of carbonyl (C=O) groups excluding carboxylic acids is 3. The van der Waals surface area contributed by atoms with Gasteiger partial charge in [0.25, 0.3) is 5.91 Å². The number of carbonyl (C=O) groups is 3. The van der Waals surface area contributed by atoms with Gasteiger partial charge < -0.3 is 14.5 Å². The van der Waals surface area contributed by atoms with Gasteiger partial charge in [0.1, 0.15) is 6.04 Å². The summed E-state index contributed by atoms with van der Waals surface area (Å²) in [7, 11) is 1.30. The summed E-state index contributed by atoms with van der Waals surface area (Å²) in [6.07, 6.45) is 1.48. The topological polar surface area (TPSA) is 66.9 Å². The van der Waals surface area contributed by atoms with Gasteiger partial charge in [-0.15, -0.1) is 0 Å². The molecule has 1 unspecified atom stereocenters. The van der Waals surface area contributed by atoms with E-state index in [-0.39, 0.29) is 11.8 Å². The highest BCUT2D eigenvalue weighted by atomic mass is 16.5. The van der Waals surface area contributed by atoms with E-state index in [4.69, 9.17) is 4.74 Å². The molecule has 1 heterocycles. The summed E-state index contributed by atoms with van der Waals surface area (Å²) in [5.74, 6) is -0.708. The van der Waals surface area contributed by atoms with Crippen molar-refractivity contribution in [3.8, 4) is 0 Å². The summed E-state index contributed by atoms with van der Waals surface area (Å²) in [4.78, 5) is 40.5. The number of hydrogen-bond donors (Lipinski definition) is 0. The molecule has 1 aromatic carbocycles. The van der Waals surface area contributed by atoms with Crippen LogP contribution in [0.25, 0.3) is 0 Å². The molecule has 2 amide bonds. The Balaban J connectivity index is 2.22. The second kappa shape index (κ2) is 7.95. The lowest BCUT2D eigenvalue weighted by Gasteiger charge is -2.29. The van der Waals surface area contributed by atoms with E-state index in [9.17, 15) is 14.4 Å². The highest BCUT2D eigenvalue weighted by Crippen LogP contribution is 2.22. The lowest BCUT2D eigenvalue weighted by Crippen LogP contribution is -2.47. The number of hydrogen-bond acceptors (Lipinski definition) is 4. The molecule has 1 aliphatic heterocycles. The van der Waals surface area contributed by atoms with Crippen molar-refractivity contribution in [1.29, 1.82) is 0 Å². The fraction of sp³-hybridized carbons (Fsp3) is 0.500. The van der Waals surface area contributed by atoms with Gasteiger partial charge in [0.2, 0.25) is 5.91 Å². The normalized spacial score (nSPS) is 16.8. The summed E-state index contributed by atoms with van der Waals surface area (Å²) in [6, 6.07) is 6.01. The van der Waals surface area contributed by atoms with E-state index in [1.807, 2.05) is 13.8 Å². The Morgan fingerprint density at radius 1 is 1.21 bits per heavy atom. The first kappa shape index (κ1) is 18.0. The standard InChI is InChI=1S/C18H24N2O4/c1-4-19(5-2)17(22)15-10-7-11-20(15)16(21)13-8-6-9-14(12-13)18(23)24-3/h6,8-9,12,15H,4-5,7,10-11H2,1-3H3. The van der Waals surface area contributed by atoms with Crippen molar-refractivity contribution in [3.05, 3.63) is 35.4 Å². The fourth-order valence-corrected chi connectivity index (χ4v) is 3.08. The fourth-order valence-electron chi connectivity index (χ4n) is 3.08. The Morgan fingerprint density at radius 3 is 2.50 bits per heavy atom. The van der Waals surface area contributed by atoms with Crippen molar-refractivity contribution in [2.24, 2.45) is 0 Å². The summed E-state index contributed by atoms with van der Waals surface area (Å²) < 4.78 is 4.69. The molecule has 0 N–H and O–H groups in total. The Bertz CT molecular complexity index is 625. The van der Waals surface area contributed by atoms with Crippen LogP contribution in [0, 0.1) is 0 Å². The highest BCUT2D eigenvalue weighted by Gasteiger charge is 2.36. The maximum absolute atomic E-state index is 12.8. The number of esters is 1. The molecule has 1 fully saturated rings. The molecule has 6 nitrogen and oxygen atoms in total. The molecule has 0 saturated carbocycles.